The summed E-state index contributed by atoms with van der Waals surface area (Å²) in [7, 11) is 0. The van der Waals surface area contributed by atoms with Crippen molar-refractivity contribution in [1.82, 2.24) is 4.90 Å². The maximum absolute atomic E-state index is 12.2. The van der Waals surface area contributed by atoms with Gasteiger partial charge in [-0.15, -0.1) is 0 Å². The molecule has 1 atom stereocenters. The van der Waals surface area contributed by atoms with Crippen LogP contribution in [-0.4, -0.2) is 23.1 Å². The molecule has 1 aromatic carbocycles. The minimum Gasteiger partial charge on any atom is -0.464 e. The largest absolute Gasteiger partial charge is 0.464 e. The van der Waals surface area contributed by atoms with Gasteiger partial charge in [-0.2, -0.15) is 0 Å². The Morgan fingerprint density at radius 2 is 1.95 bits per heavy atom. The summed E-state index contributed by atoms with van der Waals surface area (Å²) in [4.78, 5) is 13.9. The fourth-order valence-corrected chi connectivity index (χ4v) is 2.28. The molecule has 1 aromatic rings. The second-order valence-electron chi connectivity index (χ2n) is 4.82. The average molecular weight is 258 g/mol. The van der Waals surface area contributed by atoms with Crippen molar-refractivity contribution in [2.24, 2.45) is 0 Å². The Morgan fingerprint density at radius 3 is 2.63 bits per heavy atom. The molecule has 1 fully saturated rings. The number of nitrogens with zero attached hydrogens (tertiary/aromatic N) is 1. The molecule has 0 aliphatic carbocycles. The van der Waals surface area contributed by atoms with E-state index in [1.807, 2.05) is 30.3 Å². The van der Waals surface area contributed by atoms with Crippen LogP contribution >= 0.6 is 0 Å². The normalized spacial score (nSPS) is 19.4. The van der Waals surface area contributed by atoms with Crippen LogP contribution in [-0.2, 0) is 4.79 Å². The van der Waals surface area contributed by atoms with E-state index in [2.05, 4.69) is 13.5 Å². The third kappa shape index (κ3) is 3.16. The molecule has 2 rings (SSSR count). The molecule has 1 saturated heterocycles. The van der Waals surface area contributed by atoms with Crippen molar-refractivity contribution < 1.29 is 9.53 Å². The van der Waals surface area contributed by atoms with Crippen LogP contribution in [0.2, 0.25) is 0 Å². The van der Waals surface area contributed by atoms with Gasteiger partial charge in [0, 0.05) is 19.9 Å². The lowest BCUT2D eigenvalue weighted by Crippen LogP contribution is -2.52. The van der Waals surface area contributed by atoms with Crippen molar-refractivity contribution in [1.29, 1.82) is 0 Å². The summed E-state index contributed by atoms with van der Waals surface area (Å²) in [6, 6.07) is 9.41. The van der Waals surface area contributed by atoms with Crippen molar-refractivity contribution >= 4 is 5.91 Å². The van der Waals surface area contributed by atoms with E-state index >= 15 is 0 Å². The van der Waals surface area contributed by atoms with Crippen molar-refractivity contribution in [3.63, 3.8) is 0 Å². The van der Waals surface area contributed by atoms with Crippen molar-refractivity contribution in [2.45, 2.75) is 31.4 Å². The van der Waals surface area contributed by atoms with Crippen LogP contribution in [0.25, 0.3) is 0 Å². The highest BCUT2D eigenvalue weighted by Crippen LogP contribution is 2.26. The minimum absolute atomic E-state index is 0.0864. The van der Waals surface area contributed by atoms with E-state index < -0.39 is 5.72 Å². The molecule has 0 spiro atoms. The average Bonchev–Trinajstić information content (AvgIpc) is 2.65. The fraction of sp³-hybridized carbons (Fsp3) is 0.375. The number of amides is 1. The second kappa shape index (κ2) is 5.91. The summed E-state index contributed by atoms with van der Waals surface area (Å²) in [6.07, 6.45) is 5.15. The summed E-state index contributed by atoms with van der Waals surface area (Å²) in [6.45, 7) is 8.52. The van der Waals surface area contributed by atoms with E-state index in [0.717, 1.165) is 19.3 Å². The summed E-state index contributed by atoms with van der Waals surface area (Å²) >= 11 is 0. The third-order valence-corrected chi connectivity index (χ3v) is 3.39. The molecule has 1 unspecified atom stereocenters. The predicted molar refractivity (Wildman–Crippen MR) is 75.5 cm³/mol. The Labute approximate surface area is 114 Å². The highest BCUT2D eigenvalue weighted by Gasteiger charge is 2.35. The van der Waals surface area contributed by atoms with Crippen LogP contribution in [0.1, 0.15) is 25.7 Å². The first kappa shape index (κ1) is 13.7. The standard InChI is InChI=1S/C16H20NO2/c1-3-16(2,19-14-10-6-4-7-11-14)17-13-9-5-8-12-15(17)18/h3-4,6-7,10-11H,1-2,5,8-9,12-13H2. The molecule has 1 heterocycles. The Bertz CT molecular complexity index is 443. The number of benzene rings is 1. The number of likely N-dealkylation sites (tertiary alicyclic amines) is 1. The van der Waals surface area contributed by atoms with Gasteiger partial charge in [-0.3, -0.25) is 4.79 Å². The van der Waals surface area contributed by atoms with E-state index in [0.29, 0.717) is 18.7 Å². The zero-order valence-corrected chi connectivity index (χ0v) is 11.2. The second-order valence-corrected chi connectivity index (χ2v) is 4.82. The van der Waals surface area contributed by atoms with Gasteiger partial charge >= 0.3 is 0 Å². The van der Waals surface area contributed by atoms with E-state index in [1.165, 1.54) is 0 Å². The summed E-state index contributed by atoms with van der Waals surface area (Å²) in [5.41, 5.74) is -1.03. The van der Waals surface area contributed by atoms with E-state index in [4.69, 9.17) is 4.74 Å². The zero-order valence-electron chi connectivity index (χ0n) is 11.2. The van der Waals surface area contributed by atoms with Gasteiger partial charge in [-0.1, -0.05) is 31.2 Å². The van der Waals surface area contributed by atoms with Crippen molar-refractivity contribution in [3.05, 3.63) is 49.9 Å². The van der Waals surface area contributed by atoms with E-state index in [9.17, 15) is 4.79 Å². The third-order valence-electron chi connectivity index (χ3n) is 3.39. The van der Waals surface area contributed by atoms with Gasteiger partial charge in [0.1, 0.15) is 5.75 Å². The molecule has 3 nitrogen and oxygen atoms in total. The van der Waals surface area contributed by atoms with E-state index in [-0.39, 0.29) is 5.91 Å². The van der Waals surface area contributed by atoms with Gasteiger partial charge in [-0.25, -0.2) is 0 Å². The molecule has 0 saturated carbocycles. The van der Waals surface area contributed by atoms with Gasteiger partial charge in [0.05, 0.1) is 0 Å². The molecule has 101 valence electrons. The molecule has 1 aliphatic heterocycles. The number of carbonyl (C=O) groups excluding carboxylic acids is 1. The Morgan fingerprint density at radius 1 is 1.21 bits per heavy atom. The predicted octanol–water partition coefficient (Wildman–Crippen LogP) is 3.18. The number of hydrogen-bond donors (Lipinski definition) is 0. The van der Waals surface area contributed by atoms with Gasteiger partial charge in [0.15, 0.2) is 0 Å². The van der Waals surface area contributed by atoms with Crippen LogP contribution in [0.15, 0.2) is 43.0 Å². The lowest BCUT2D eigenvalue weighted by atomic mass is 10.2. The molecule has 3 heteroatoms. The van der Waals surface area contributed by atoms with Gasteiger partial charge in [0.25, 0.3) is 0 Å². The molecule has 0 bridgehead atoms. The van der Waals surface area contributed by atoms with E-state index in [1.54, 1.807) is 11.0 Å². The molecule has 19 heavy (non-hydrogen) atoms. The number of para-hydroxylation sites is 1. The molecule has 1 amide bonds. The smallest absolute Gasteiger partial charge is 0.225 e. The highest BCUT2D eigenvalue weighted by atomic mass is 16.5. The molecule has 1 radical (unpaired) electrons. The highest BCUT2D eigenvalue weighted by molar-refractivity contribution is 5.77. The van der Waals surface area contributed by atoms with Crippen LogP contribution < -0.4 is 4.74 Å². The maximum atomic E-state index is 12.2. The summed E-state index contributed by atoms with van der Waals surface area (Å²) in [5, 5.41) is 0. The van der Waals surface area contributed by atoms with Gasteiger partial charge in [0.2, 0.25) is 11.6 Å². The summed E-state index contributed by atoms with van der Waals surface area (Å²) < 4.78 is 5.89. The number of carbonyl (C=O) groups is 1. The molecule has 0 aromatic heterocycles. The SMILES string of the molecule is [CH2]C(C=C)(Oc1ccccc1)N1CCCCCC1=O. The van der Waals surface area contributed by atoms with Crippen LogP contribution in [0.4, 0.5) is 0 Å². The van der Waals surface area contributed by atoms with Crippen molar-refractivity contribution in [3.8, 4) is 5.75 Å². The number of ether oxygens (including phenoxy) is 1. The zero-order chi connectivity index (χ0) is 13.7. The number of hydrogen-bond acceptors (Lipinski definition) is 2. The maximum Gasteiger partial charge on any atom is 0.225 e. The van der Waals surface area contributed by atoms with Crippen LogP contribution in [0, 0.1) is 6.92 Å². The van der Waals surface area contributed by atoms with Crippen LogP contribution in [0.5, 0.6) is 5.75 Å². The van der Waals surface area contributed by atoms with Crippen molar-refractivity contribution in [2.75, 3.05) is 6.54 Å². The first-order valence-electron chi connectivity index (χ1n) is 6.69. The molecule has 1 aliphatic rings. The molecule has 0 N–H and O–H groups in total. The van der Waals surface area contributed by atoms with Crippen LogP contribution in [0.3, 0.4) is 0 Å². The monoisotopic (exact) mass is 258 g/mol. The minimum atomic E-state index is -1.03. The number of rotatable bonds is 4. The molecular weight excluding hydrogens is 238 g/mol. The Kier molecular flexibility index (Phi) is 4.25. The first-order chi connectivity index (χ1) is 9.15. The molecular formula is C16H20NO2. The fourth-order valence-electron chi connectivity index (χ4n) is 2.28. The van der Waals surface area contributed by atoms with Gasteiger partial charge in [-0.05, 0) is 31.1 Å². The topological polar surface area (TPSA) is 29.5 Å². The quantitative estimate of drug-likeness (QED) is 0.776. The Balaban J connectivity index is 2.20. The lowest BCUT2D eigenvalue weighted by Gasteiger charge is -2.38. The Hall–Kier alpha value is -1.77. The lowest BCUT2D eigenvalue weighted by molar-refractivity contribution is -0.142. The van der Waals surface area contributed by atoms with Gasteiger partial charge < -0.3 is 9.64 Å². The summed E-state index contributed by atoms with van der Waals surface area (Å²) in [5.74, 6) is 0.776. The first-order valence-corrected chi connectivity index (χ1v) is 6.69.